The fraction of sp³-hybridized carbons (Fsp3) is 0.120. The summed E-state index contributed by atoms with van der Waals surface area (Å²) >= 11 is 27.2. The molecule has 1 unspecified atom stereocenters. The molecule has 1 atom stereocenters. The van der Waals surface area contributed by atoms with Gasteiger partial charge < -0.3 is 9.84 Å². The summed E-state index contributed by atoms with van der Waals surface area (Å²) in [7, 11) is 0. The van der Waals surface area contributed by atoms with E-state index < -0.39 is 11.9 Å². The minimum Gasteiger partial charge on any atom is -0.360 e. The molecule has 34 heavy (non-hydrogen) atoms. The maximum Gasteiger partial charge on any atom is 0.257 e. The first-order valence-electron chi connectivity index (χ1n) is 10.1. The first-order chi connectivity index (χ1) is 16.3. The zero-order valence-corrected chi connectivity index (χ0v) is 21.9. The summed E-state index contributed by atoms with van der Waals surface area (Å²) in [5.41, 5.74) is 2.42. The van der Waals surface area contributed by atoms with Crippen LogP contribution in [0, 0.1) is 6.92 Å². The molecule has 4 rings (SSSR count). The number of benzene rings is 3. The van der Waals surface area contributed by atoms with E-state index in [4.69, 9.17) is 50.9 Å². The average Bonchev–Trinajstić information content (AvgIpc) is 3.20. The topological polar surface area (TPSA) is 55.1 Å². The van der Waals surface area contributed by atoms with Crippen LogP contribution in [0.3, 0.4) is 0 Å². The number of carbonyl (C=O) groups is 1. The number of carbonyl (C=O) groups excluding carboxylic acids is 1. The molecule has 0 aliphatic carbocycles. The van der Waals surface area contributed by atoms with Gasteiger partial charge in [-0.2, -0.15) is 0 Å². The van der Waals surface area contributed by atoms with E-state index in [0.717, 1.165) is 10.5 Å². The van der Waals surface area contributed by atoms with Crippen LogP contribution in [0.5, 0.6) is 0 Å². The highest BCUT2D eigenvalue weighted by atomic mass is 35.5. The van der Waals surface area contributed by atoms with Crippen LogP contribution in [0.1, 0.15) is 33.3 Å². The molecule has 1 amide bonds. The van der Waals surface area contributed by atoms with E-state index >= 15 is 0 Å². The molecule has 4 nitrogen and oxygen atoms in total. The minimum absolute atomic E-state index is 0.235. The van der Waals surface area contributed by atoms with Crippen LogP contribution in [0.2, 0.25) is 20.1 Å². The Morgan fingerprint density at radius 1 is 0.941 bits per heavy atom. The summed E-state index contributed by atoms with van der Waals surface area (Å²) in [6, 6.07) is 17.7. The lowest BCUT2D eigenvalue weighted by atomic mass is 9.97. The molecule has 1 N–H and O–H groups in total. The smallest absolute Gasteiger partial charge is 0.257 e. The van der Waals surface area contributed by atoms with Crippen molar-refractivity contribution < 1.29 is 9.32 Å². The lowest BCUT2D eigenvalue weighted by Crippen LogP contribution is -2.30. The quantitative estimate of drug-likeness (QED) is 0.244. The van der Waals surface area contributed by atoms with Gasteiger partial charge in [0, 0.05) is 10.5 Å². The van der Waals surface area contributed by atoms with Crippen molar-refractivity contribution in [3.8, 4) is 11.3 Å². The highest BCUT2D eigenvalue weighted by Crippen LogP contribution is 2.38. The van der Waals surface area contributed by atoms with Gasteiger partial charge in [-0.1, -0.05) is 81.9 Å². The standard InChI is InChI=1S/C25H18Cl4N2O2S/c1-13-20(24(31-33-13)21-17(26)6-4-7-18(21)27)25(32)30-23(14-9-11-15(34-2)12-10-14)16-5-3-8-19(28)22(16)29/h3-12,23H,1-2H3,(H,30,32). The molecule has 4 aromatic rings. The predicted octanol–water partition coefficient (Wildman–Crippen LogP) is 8.50. The number of amides is 1. The Kier molecular flexibility index (Phi) is 7.80. The van der Waals surface area contributed by atoms with Crippen LogP contribution >= 0.6 is 58.2 Å². The molecular formula is C25H18Cl4N2O2S. The van der Waals surface area contributed by atoms with Crippen molar-refractivity contribution in [2.24, 2.45) is 0 Å². The largest absolute Gasteiger partial charge is 0.360 e. The van der Waals surface area contributed by atoms with Gasteiger partial charge in [-0.05, 0) is 54.6 Å². The Balaban J connectivity index is 1.79. The van der Waals surface area contributed by atoms with Crippen LogP contribution in [0.15, 0.2) is 70.1 Å². The molecule has 1 heterocycles. The molecule has 9 heteroatoms. The van der Waals surface area contributed by atoms with Gasteiger partial charge in [0.25, 0.3) is 5.91 Å². The number of thioether (sulfide) groups is 1. The molecule has 3 aromatic carbocycles. The lowest BCUT2D eigenvalue weighted by Gasteiger charge is -2.22. The number of hydrogen-bond donors (Lipinski definition) is 1. The van der Waals surface area contributed by atoms with E-state index in [1.54, 1.807) is 49.0 Å². The van der Waals surface area contributed by atoms with Crippen LogP contribution in [0.25, 0.3) is 11.3 Å². The Morgan fingerprint density at radius 2 is 1.56 bits per heavy atom. The number of aryl methyl sites for hydroxylation is 1. The Labute approximate surface area is 221 Å². The summed E-state index contributed by atoms with van der Waals surface area (Å²) in [5.74, 6) is -0.0862. The molecule has 0 aliphatic heterocycles. The molecule has 0 saturated carbocycles. The number of nitrogens with one attached hydrogen (secondary N) is 1. The number of nitrogens with zero attached hydrogens (tertiary/aromatic N) is 1. The van der Waals surface area contributed by atoms with Crippen molar-refractivity contribution in [1.82, 2.24) is 10.5 Å². The van der Waals surface area contributed by atoms with Crippen molar-refractivity contribution >= 4 is 64.1 Å². The summed E-state index contributed by atoms with van der Waals surface area (Å²) < 4.78 is 5.37. The third-order valence-electron chi connectivity index (χ3n) is 5.31. The second-order valence-corrected chi connectivity index (χ2v) is 9.86. The fourth-order valence-corrected chi connectivity index (χ4v) is 5.02. The van der Waals surface area contributed by atoms with Crippen molar-refractivity contribution in [2.75, 3.05) is 6.26 Å². The summed E-state index contributed by atoms with van der Waals surface area (Å²) in [4.78, 5) is 14.7. The monoisotopic (exact) mass is 550 g/mol. The van der Waals surface area contributed by atoms with Gasteiger partial charge in [-0.15, -0.1) is 11.8 Å². The maximum atomic E-state index is 13.6. The van der Waals surface area contributed by atoms with E-state index in [-0.39, 0.29) is 11.3 Å². The number of aromatic nitrogens is 1. The van der Waals surface area contributed by atoms with E-state index in [2.05, 4.69) is 10.5 Å². The van der Waals surface area contributed by atoms with Crippen LogP contribution in [-0.2, 0) is 0 Å². The van der Waals surface area contributed by atoms with Crippen LogP contribution < -0.4 is 5.32 Å². The second kappa shape index (κ2) is 10.6. The number of hydrogen-bond acceptors (Lipinski definition) is 4. The summed E-state index contributed by atoms with van der Waals surface area (Å²) in [6.45, 7) is 1.66. The van der Waals surface area contributed by atoms with Crippen molar-refractivity contribution in [3.63, 3.8) is 0 Å². The second-order valence-electron chi connectivity index (χ2n) is 7.38. The van der Waals surface area contributed by atoms with Gasteiger partial charge in [0.05, 0.1) is 26.1 Å². The van der Waals surface area contributed by atoms with Gasteiger partial charge >= 0.3 is 0 Å². The van der Waals surface area contributed by atoms with Gasteiger partial charge in [0.15, 0.2) is 0 Å². The first kappa shape index (κ1) is 25.0. The Bertz CT molecular complexity index is 1340. The zero-order chi connectivity index (χ0) is 24.4. The third-order valence-corrected chi connectivity index (χ3v) is 7.51. The molecule has 174 valence electrons. The molecule has 1 aromatic heterocycles. The fourth-order valence-electron chi connectivity index (χ4n) is 3.62. The Hall–Kier alpha value is -2.15. The van der Waals surface area contributed by atoms with E-state index in [0.29, 0.717) is 37.0 Å². The minimum atomic E-state index is -0.585. The van der Waals surface area contributed by atoms with Crippen molar-refractivity contribution in [3.05, 3.63) is 103 Å². The number of halogens is 4. The molecule has 0 bridgehead atoms. The van der Waals surface area contributed by atoms with Crippen LogP contribution in [0.4, 0.5) is 0 Å². The Morgan fingerprint density at radius 3 is 2.21 bits per heavy atom. The molecule has 0 saturated heterocycles. The van der Waals surface area contributed by atoms with Crippen molar-refractivity contribution in [2.45, 2.75) is 17.9 Å². The van der Waals surface area contributed by atoms with E-state index in [1.807, 2.05) is 36.6 Å². The molecule has 0 radical (unpaired) electrons. The highest BCUT2D eigenvalue weighted by molar-refractivity contribution is 7.98. The maximum absolute atomic E-state index is 13.6. The van der Waals surface area contributed by atoms with Crippen molar-refractivity contribution in [1.29, 1.82) is 0 Å². The van der Waals surface area contributed by atoms with Crippen LogP contribution in [-0.4, -0.2) is 17.3 Å². The third kappa shape index (κ3) is 4.95. The molecule has 0 fully saturated rings. The van der Waals surface area contributed by atoms with Gasteiger partial charge in [-0.25, -0.2) is 0 Å². The molecule has 0 spiro atoms. The predicted molar refractivity (Wildman–Crippen MR) is 141 cm³/mol. The average molecular weight is 552 g/mol. The van der Waals surface area contributed by atoms with Gasteiger partial charge in [0.2, 0.25) is 0 Å². The normalized spacial score (nSPS) is 11.9. The van der Waals surface area contributed by atoms with Gasteiger partial charge in [0.1, 0.15) is 17.0 Å². The summed E-state index contributed by atoms with van der Waals surface area (Å²) in [6.07, 6.45) is 2.00. The number of rotatable bonds is 6. The first-order valence-corrected chi connectivity index (χ1v) is 12.8. The highest BCUT2D eigenvalue weighted by Gasteiger charge is 2.28. The van der Waals surface area contributed by atoms with E-state index in [9.17, 15) is 4.79 Å². The van der Waals surface area contributed by atoms with Gasteiger partial charge in [-0.3, -0.25) is 4.79 Å². The van der Waals surface area contributed by atoms with E-state index in [1.165, 1.54) is 0 Å². The SMILES string of the molecule is CSc1ccc(C(NC(=O)c2c(-c3c(Cl)cccc3Cl)noc2C)c2cccc(Cl)c2Cl)cc1. The molecule has 0 aliphatic rings. The molecular weight excluding hydrogens is 534 g/mol. The zero-order valence-electron chi connectivity index (χ0n) is 18.0. The lowest BCUT2D eigenvalue weighted by molar-refractivity contribution is 0.0942. The summed E-state index contributed by atoms with van der Waals surface area (Å²) in [5, 5.41) is 8.62.